The molecule has 2 amide bonds. The van der Waals surface area contributed by atoms with Crippen LogP contribution in [0.2, 0.25) is 0 Å². The fourth-order valence-electron chi connectivity index (χ4n) is 2.29. The van der Waals surface area contributed by atoms with Crippen molar-refractivity contribution in [3.63, 3.8) is 0 Å². The van der Waals surface area contributed by atoms with E-state index in [2.05, 4.69) is 5.32 Å². The number of hydrogen-bond acceptors (Lipinski definition) is 1. The first-order valence-electron chi connectivity index (χ1n) is 5.80. The van der Waals surface area contributed by atoms with Crippen molar-refractivity contribution >= 4 is 6.03 Å². The minimum atomic E-state index is 0.140. The molecule has 3 nitrogen and oxygen atoms in total. The lowest BCUT2D eigenvalue weighted by Gasteiger charge is -2.35. The van der Waals surface area contributed by atoms with Gasteiger partial charge in [0.2, 0.25) is 0 Å². The molecule has 2 rings (SSSR count). The molecule has 0 bridgehead atoms. The van der Waals surface area contributed by atoms with Crippen LogP contribution in [0.15, 0.2) is 0 Å². The van der Waals surface area contributed by atoms with Gasteiger partial charge in [0, 0.05) is 19.1 Å². The van der Waals surface area contributed by atoms with E-state index in [4.69, 9.17) is 0 Å². The van der Waals surface area contributed by atoms with E-state index in [9.17, 15) is 4.79 Å². The summed E-state index contributed by atoms with van der Waals surface area (Å²) in [6.45, 7) is 0. The van der Waals surface area contributed by atoms with Crippen molar-refractivity contribution < 1.29 is 4.79 Å². The van der Waals surface area contributed by atoms with Gasteiger partial charge in [-0.2, -0.15) is 0 Å². The van der Waals surface area contributed by atoms with Crippen LogP contribution in [0.5, 0.6) is 0 Å². The van der Waals surface area contributed by atoms with Crippen LogP contribution in [0.1, 0.15) is 44.9 Å². The molecule has 0 radical (unpaired) electrons. The molecule has 2 aliphatic rings. The van der Waals surface area contributed by atoms with E-state index < -0.39 is 0 Å². The number of hydrogen-bond donors (Lipinski definition) is 1. The Kier molecular flexibility index (Phi) is 2.94. The van der Waals surface area contributed by atoms with Gasteiger partial charge in [0.1, 0.15) is 0 Å². The first-order valence-corrected chi connectivity index (χ1v) is 5.80. The Morgan fingerprint density at radius 1 is 1.14 bits per heavy atom. The van der Waals surface area contributed by atoms with Gasteiger partial charge in [-0.15, -0.1) is 0 Å². The van der Waals surface area contributed by atoms with Crippen LogP contribution in [-0.2, 0) is 0 Å². The van der Waals surface area contributed by atoms with Crippen LogP contribution < -0.4 is 5.32 Å². The first-order chi connectivity index (χ1) is 6.77. The lowest BCUT2D eigenvalue weighted by atomic mass is 9.92. The van der Waals surface area contributed by atoms with Crippen LogP contribution in [0.25, 0.3) is 0 Å². The second-order valence-corrected chi connectivity index (χ2v) is 4.63. The van der Waals surface area contributed by atoms with E-state index in [1.165, 1.54) is 44.9 Å². The molecule has 14 heavy (non-hydrogen) atoms. The summed E-state index contributed by atoms with van der Waals surface area (Å²) in [4.78, 5) is 13.6. The molecule has 2 aliphatic carbocycles. The molecule has 0 heterocycles. The number of amides is 2. The average molecular weight is 196 g/mol. The quantitative estimate of drug-likeness (QED) is 0.721. The maximum absolute atomic E-state index is 11.7. The minimum Gasteiger partial charge on any atom is -0.335 e. The van der Waals surface area contributed by atoms with Gasteiger partial charge in [-0.1, -0.05) is 12.8 Å². The SMILES string of the molecule is CN(C(=O)NC1CCCC1)C1CCC1. The highest BCUT2D eigenvalue weighted by Crippen LogP contribution is 2.24. The maximum Gasteiger partial charge on any atom is 0.317 e. The van der Waals surface area contributed by atoms with Gasteiger partial charge in [-0.25, -0.2) is 4.79 Å². The highest BCUT2D eigenvalue weighted by Gasteiger charge is 2.27. The van der Waals surface area contributed by atoms with Crippen LogP contribution in [0.4, 0.5) is 4.79 Å². The molecule has 1 N–H and O–H groups in total. The molecule has 0 saturated heterocycles. The van der Waals surface area contributed by atoms with Crippen LogP contribution >= 0.6 is 0 Å². The van der Waals surface area contributed by atoms with Gasteiger partial charge >= 0.3 is 6.03 Å². The van der Waals surface area contributed by atoms with Crippen LogP contribution in [0.3, 0.4) is 0 Å². The summed E-state index contributed by atoms with van der Waals surface area (Å²) in [6.07, 6.45) is 8.56. The van der Waals surface area contributed by atoms with Gasteiger partial charge in [0.25, 0.3) is 0 Å². The van der Waals surface area contributed by atoms with Gasteiger partial charge < -0.3 is 10.2 Å². The summed E-state index contributed by atoms with van der Waals surface area (Å²) in [5, 5.41) is 3.11. The Morgan fingerprint density at radius 2 is 1.79 bits per heavy atom. The van der Waals surface area contributed by atoms with Crippen molar-refractivity contribution in [3.8, 4) is 0 Å². The fraction of sp³-hybridized carbons (Fsp3) is 0.909. The summed E-state index contributed by atoms with van der Waals surface area (Å²) in [7, 11) is 1.92. The Balaban J connectivity index is 1.75. The third-order valence-electron chi connectivity index (χ3n) is 3.63. The van der Waals surface area contributed by atoms with Gasteiger partial charge in [0.05, 0.1) is 0 Å². The standard InChI is InChI=1S/C11H20N2O/c1-13(10-7-4-8-10)11(14)12-9-5-2-3-6-9/h9-10H,2-8H2,1H3,(H,12,14). The predicted molar refractivity (Wildman–Crippen MR) is 56.2 cm³/mol. The van der Waals surface area contributed by atoms with Crippen molar-refractivity contribution in [2.45, 2.75) is 57.0 Å². The summed E-state index contributed by atoms with van der Waals surface area (Å²) in [5.41, 5.74) is 0. The highest BCUT2D eigenvalue weighted by atomic mass is 16.2. The number of nitrogens with one attached hydrogen (secondary N) is 1. The second kappa shape index (κ2) is 4.20. The molecule has 0 atom stereocenters. The molecule has 80 valence electrons. The smallest absolute Gasteiger partial charge is 0.317 e. The molecule has 0 aromatic heterocycles. The van der Waals surface area contributed by atoms with Crippen molar-refractivity contribution in [2.24, 2.45) is 0 Å². The summed E-state index contributed by atoms with van der Waals surface area (Å²) in [5.74, 6) is 0. The molecule has 0 aromatic rings. The molecule has 0 spiro atoms. The molecular weight excluding hydrogens is 176 g/mol. The van der Waals surface area contributed by atoms with Crippen molar-refractivity contribution in [2.75, 3.05) is 7.05 Å². The van der Waals surface area contributed by atoms with E-state index in [-0.39, 0.29) is 6.03 Å². The van der Waals surface area contributed by atoms with Crippen molar-refractivity contribution in [1.82, 2.24) is 10.2 Å². The number of urea groups is 1. The lowest BCUT2D eigenvalue weighted by Crippen LogP contribution is -2.48. The van der Waals surface area contributed by atoms with E-state index in [0.717, 1.165) is 0 Å². The molecular formula is C11H20N2O. The molecule has 0 aliphatic heterocycles. The zero-order valence-electron chi connectivity index (χ0n) is 8.96. The topological polar surface area (TPSA) is 32.3 Å². The van der Waals surface area contributed by atoms with E-state index in [1.54, 1.807) is 0 Å². The van der Waals surface area contributed by atoms with Crippen molar-refractivity contribution in [1.29, 1.82) is 0 Å². The third-order valence-corrected chi connectivity index (χ3v) is 3.63. The number of carbonyl (C=O) groups is 1. The molecule has 0 unspecified atom stereocenters. The zero-order chi connectivity index (χ0) is 9.97. The number of nitrogens with zero attached hydrogens (tertiary/aromatic N) is 1. The fourth-order valence-corrected chi connectivity index (χ4v) is 2.29. The van der Waals surface area contributed by atoms with E-state index in [1.807, 2.05) is 11.9 Å². The molecule has 2 fully saturated rings. The Labute approximate surface area is 85.8 Å². The Bertz CT molecular complexity index is 207. The van der Waals surface area contributed by atoms with Gasteiger partial charge in [-0.3, -0.25) is 0 Å². The van der Waals surface area contributed by atoms with E-state index in [0.29, 0.717) is 12.1 Å². The monoisotopic (exact) mass is 196 g/mol. The third kappa shape index (κ3) is 2.02. The predicted octanol–water partition coefficient (Wildman–Crippen LogP) is 2.12. The molecule has 0 aromatic carbocycles. The second-order valence-electron chi connectivity index (χ2n) is 4.63. The maximum atomic E-state index is 11.7. The Morgan fingerprint density at radius 3 is 2.29 bits per heavy atom. The minimum absolute atomic E-state index is 0.140. The first kappa shape index (κ1) is 9.81. The summed E-state index contributed by atoms with van der Waals surface area (Å²) < 4.78 is 0. The number of rotatable bonds is 2. The van der Waals surface area contributed by atoms with Crippen molar-refractivity contribution in [3.05, 3.63) is 0 Å². The van der Waals surface area contributed by atoms with Gasteiger partial charge in [0.15, 0.2) is 0 Å². The van der Waals surface area contributed by atoms with Crippen LogP contribution in [-0.4, -0.2) is 30.1 Å². The number of carbonyl (C=O) groups excluding carboxylic acids is 1. The molecule has 3 heteroatoms. The molecule has 2 saturated carbocycles. The average Bonchev–Trinajstić information content (AvgIpc) is 2.53. The largest absolute Gasteiger partial charge is 0.335 e. The van der Waals surface area contributed by atoms with E-state index >= 15 is 0 Å². The Hall–Kier alpha value is -0.730. The van der Waals surface area contributed by atoms with Crippen LogP contribution in [0, 0.1) is 0 Å². The van der Waals surface area contributed by atoms with Gasteiger partial charge in [-0.05, 0) is 32.1 Å². The highest BCUT2D eigenvalue weighted by molar-refractivity contribution is 5.74. The normalized spacial score (nSPS) is 23.2. The summed E-state index contributed by atoms with van der Waals surface area (Å²) >= 11 is 0. The lowest BCUT2D eigenvalue weighted by molar-refractivity contribution is 0.155. The summed E-state index contributed by atoms with van der Waals surface area (Å²) in [6, 6.07) is 1.10. The zero-order valence-corrected chi connectivity index (χ0v) is 8.96.